The molecule has 1 aliphatic carbocycles. The maximum atomic E-state index is 14.7. The van der Waals surface area contributed by atoms with E-state index in [0.29, 0.717) is 5.56 Å². The summed E-state index contributed by atoms with van der Waals surface area (Å²) in [4.78, 5) is 3.23. The summed E-state index contributed by atoms with van der Waals surface area (Å²) in [6.45, 7) is 0.155. The molecule has 1 aromatic heterocycles. The number of allylic oxidation sites excluding steroid dienone is 1. The Morgan fingerprint density at radius 2 is 2.03 bits per heavy atom. The topological polar surface area (TPSA) is 68.3 Å². The summed E-state index contributed by atoms with van der Waals surface area (Å²) in [7, 11) is -4.21. The van der Waals surface area contributed by atoms with Crippen LogP contribution in [0.4, 0.5) is 14.6 Å². The van der Waals surface area contributed by atoms with Gasteiger partial charge < -0.3 is 4.74 Å². The second kappa shape index (κ2) is 9.56. The Hall–Kier alpha value is -2.49. The fraction of sp³-hybridized carbons (Fsp3) is 0.227. The second-order valence-electron chi connectivity index (χ2n) is 7.27. The van der Waals surface area contributed by atoms with Crippen LogP contribution in [0.2, 0.25) is 5.02 Å². The van der Waals surface area contributed by atoms with Crippen LogP contribution in [-0.2, 0) is 10.0 Å². The molecule has 0 amide bonds. The fourth-order valence-corrected chi connectivity index (χ4v) is 5.54. The molecule has 0 radical (unpaired) electrons. The summed E-state index contributed by atoms with van der Waals surface area (Å²) in [5.74, 6) is -1.29. The van der Waals surface area contributed by atoms with Crippen LogP contribution in [0.1, 0.15) is 24.8 Å². The molecular weight excluding hydrogens is 478 g/mol. The van der Waals surface area contributed by atoms with Gasteiger partial charge in [-0.1, -0.05) is 35.9 Å². The molecule has 1 aliphatic rings. The number of thiazole rings is 1. The minimum atomic E-state index is -4.21. The van der Waals surface area contributed by atoms with Crippen LogP contribution < -0.4 is 9.46 Å². The normalized spacial score (nSPS) is 16.5. The highest BCUT2D eigenvalue weighted by atomic mass is 35.5. The van der Waals surface area contributed by atoms with Gasteiger partial charge in [0.25, 0.3) is 10.0 Å². The molecule has 168 valence electrons. The molecule has 5 nitrogen and oxygen atoms in total. The van der Waals surface area contributed by atoms with Gasteiger partial charge in [0.2, 0.25) is 0 Å². The zero-order valence-corrected chi connectivity index (χ0v) is 19.1. The monoisotopic (exact) mass is 496 g/mol. The van der Waals surface area contributed by atoms with Crippen molar-refractivity contribution >= 4 is 44.4 Å². The second-order valence-corrected chi connectivity index (χ2v) is 10.0. The molecule has 1 N–H and O–H groups in total. The Morgan fingerprint density at radius 1 is 1.22 bits per heavy atom. The molecule has 0 saturated heterocycles. The van der Waals surface area contributed by atoms with Crippen molar-refractivity contribution in [3.8, 4) is 5.75 Å². The van der Waals surface area contributed by atoms with Crippen molar-refractivity contribution in [1.29, 1.82) is 0 Å². The minimum Gasteiger partial charge on any atom is -0.491 e. The minimum absolute atomic E-state index is 0.0234. The highest BCUT2D eigenvalue weighted by molar-refractivity contribution is 7.92. The number of halogens is 3. The molecule has 0 spiro atoms. The van der Waals surface area contributed by atoms with E-state index in [9.17, 15) is 17.2 Å². The number of aromatic nitrogens is 1. The number of benzene rings is 2. The number of anilines is 1. The van der Waals surface area contributed by atoms with Gasteiger partial charge in [-0.05, 0) is 37.0 Å². The molecule has 3 aromatic rings. The molecule has 0 saturated carbocycles. The van der Waals surface area contributed by atoms with E-state index < -0.39 is 20.7 Å². The fourth-order valence-electron chi connectivity index (χ4n) is 3.62. The Kier molecular flexibility index (Phi) is 6.78. The van der Waals surface area contributed by atoms with E-state index in [4.69, 9.17) is 16.3 Å². The lowest BCUT2D eigenvalue weighted by molar-refractivity contribution is 0.267. The third-order valence-corrected chi connectivity index (χ3v) is 7.38. The third-order valence-electron chi connectivity index (χ3n) is 5.13. The predicted octanol–water partition coefficient (Wildman–Crippen LogP) is 6.14. The Bertz CT molecular complexity index is 1250. The number of sulfonamides is 1. The summed E-state index contributed by atoms with van der Waals surface area (Å²) in [6, 6.07) is 8.50. The average Bonchev–Trinajstić information content (AvgIpc) is 3.27. The van der Waals surface area contributed by atoms with Crippen LogP contribution in [-0.4, -0.2) is 20.0 Å². The Morgan fingerprint density at radius 3 is 2.78 bits per heavy atom. The molecule has 1 atom stereocenters. The maximum absolute atomic E-state index is 14.7. The van der Waals surface area contributed by atoms with Gasteiger partial charge in [0.05, 0.1) is 17.1 Å². The van der Waals surface area contributed by atoms with Crippen molar-refractivity contribution in [2.75, 3.05) is 11.3 Å². The first-order valence-electron chi connectivity index (χ1n) is 9.83. The maximum Gasteiger partial charge on any atom is 0.266 e. The molecule has 0 bridgehead atoms. The highest BCUT2D eigenvalue weighted by Gasteiger charge is 2.25. The van der Waals surface area contributed by atoms with Crippen LogP contribution >= 0.6 is 22.9 Å². The van der Waals surface area contributed by atoms with E-state index in [1.54, 1.807) is 18.2 Å². The zero-order chi connectivity index (χ0) is 22.7. The average molecular weight is 497 g/mol. The van der Waals surface area contributed by atoms with E-state index in [2.05, 4.69) is 9.71 Å². The van der Waals surface area contributed by atoms with Crippen molar-refractivity contribution in [2.45, 2.75) is 24.2 Å². The first-order chi connectivity index (χ1) is 15.3. The lowest BCUT2D eigenvalue weighted by Crippen LogP contribution is -2.18. The Balaban J connectivity index is 1.52. The largest absolute Gasteiger partial charge is 0.491 e. The van der Waals surface area contributed by atoms with Crippen LogP contribution in [0.25, 0.3) is 5.57 Å². The summed E-state index contributed by atoms with van der Waals surface area (Å²) in [5, 5.41) is 1.44. The smallest absolute Gasteiger partial charge is 0.266 e. The SMILES string of the molecule is O=S(=O)(Nc1cscn1)c1cc(Cl)c(OCC2CCCC=C2c2ccccc2F)cc1F. The molecule has 1 unspecified atom stereocenters. The summed E-state index contributed by atoms with van der Waals surface area (Å²) in [6.07, 6.45) is 4.55. The number of nitrogens with one attached hydrogen (secondary N) is 1. The summed E-state index contributed by atoms with van der Waals surface area (Å²) >= 11 is 7.41. The quantitative estimate of drug-likeness (QED) is 0.426. The highest BCUT2D eigenvalue weighted by Crippen LogP contribution is 2.36. The van der Waals surface area contributed by atoms with Crippen molar-refractivity contribution in [2.24, 2.45) is 5.92 Å². The summed E-state index contributed by atoms with van der Waals surface area (Å²) < 4.78 is 61.9. The number of hydrogen-bond donors (Lipinski definition) is 1. The first kappa shape index (κ1) is 22.7. The van der Waals surface area contributed by atoms with Crippen LogP contribution in [0.3, 0.4) is 0 Å². The number of hydrogen-bond acceptors (Lipinski definition) is 5. The van der Waals surface area contributed by atoms with Gasteiger partial charge in [-0.2, -0.15) is 0 Å². The van der Waals surface area contributed by atoms with Gasteiger partial charge in [0.1, 0.15) is 22.3 Å². The summed E-state index contributed by atoms with van der Waals surface area (Å²) in [5.41, 5.74) is 2.82. The lowest BCUT2D eigenvalue weighted by Gasteiger charge is -2.25. The molecule has 10 heteroatoms. The standard InChI is InChI=1S/C22H19ClF2N2O3S2/c23-17-9-21(32(28,29)27-22-12-31-13-26-22)19(25)10-20(17)30-11-14-5-1-2-6-15(14)16-7-3-4-8-18(16)24/h3-4,6-10,12-14,27H,1-2,5,11H2. The third kappa shape index (κ3) is 4.95. The predicted molar refractivity (Wildman–Crippen MR) is 122 cm³/mol. The first-order valence-corrected chi connectivity index (χ1v) is 12.6. The van der Waals surface area contributed by atoms with Crippen LogP contribution in [0.5, 0.6) is 5.75 Å². The van der Waals surface area contributed by atoms with Gasteiger partial charge in [0.15, 0.2) is 5.82 Å². The van der Waals surface area contributed by atoms with Crippen molar-refractivity contribution < 1.29 is 21.9 Å². The van der Waals surface area contributed by atoms with Crippen LogP contribution in [0, 0.1) is 17.6 Å². The van der Waals surface area contributed by atoms with E-state index in [1.807, 2.05) is 6.08 Å². The van der Waals surface area contributed by atoms with E-state index in [0.717, 1.165) is 37.0 Å². The molecule has 0 fully saturated rings. The molecule has 32 heavy (non-hydrogen) atoms. The number of ether oxygens (including phenoxy) is 1. The molecule has 4 rings (SSSR count). The molecule has 2 aromatic carbocycles. The Labute approximate surface area is 193 Å². The molecular formula is C22H19ClF2N2O3S2. The van der Waals surface area contributed by atoms with E-state index >= 15 is 0 Å². The van der Waals surface area contributed by atoms with Gasteiger partial charge in [-0.3, -0.25) is 4.72 Å². The molecule has 0 aliphatic heterocycles. The van der Waals surface area contributed by atoms with Gasteiger partial charge >= 0.3 is 0 Å². The van der Waals surface area contributed by atoms with Gasteiger partial charge in [-0.25, -0.2) is 22.2 Å². The van der Waals surface area contributed by atoms with Crippen molar-refractivity contribution in [3.63, 3.8) is 0 Å². The number of rotatable bonds is 7. The van der Waals surface area contributed by atoms with Gasteiger partial charge in [0, 0.05) is 22.9 Å². The van der Waals surface area contributed by atoms with E-state index in [1.165, 1.54) is 28.3 Å². The lowest BCUT2D eigenvalue weighted by atomic mass is 9.84. The number of nitrogens with zero attached hydrogens (tertiary/aromatic N) is 1. The van der Waals surface area contributed by atoms with Crippen molar-refractivity contribution in [1.82, 2.24) is 4.98 Å². The van der Waals surface area contributed by atoms with E-state index in [-0.39, 0.29) is 34.9 Å². The van der Waals surface area contributed by atoms with Crippen LogP contribution in [0.15, 0.2) is 58.3 Å². The van der Waals surface area contributed by atoms with Crippen molar-refractivity contribution in [3.05, 3.63) is 75.6 Å². The zero-order valence-electron chi connectivity index (χ0n) is 16.7. The van der Waals surface area contributed by atoms with Gasteiger partial charge in [-0.15, -0.1) is 11.3 Å². The molecule has 1 heterocycles.